The van der Waals surface area contributed by atoms with Crippen molar-refractivity contribution < 1.29 is 53.1 Å². The minimum absolute atomic E-state index is 0.0104. The quantitative estimate of drug-likeness (QED) is 0.0283. The number of carbonyl (C=O) groups is 4. The van der Waals surface area contributed by atoms with Gasteiger partial charge >= 0.3 is 11.9 Å². The third-order valence-electron chi connectivity index (χ3n) is 7.77. The van der Waals surface area contributed by atoms with Crippen molar-refractivity contribution in [2.45, 2.75) is 148 Å². The van der Waals surface area contributed by atoms with Crippen LogP contribution in [0.15, 0.2) is 12.7 Å². The van der Waals surface area contributed by atoms with E-state index in [9.17, 15) is 24.3 Å². The van der Waals surface area contributed by atoms with Crippen molar-refractivity contribution in [3.8, 4) is 0 Å². The van der Waals surface area contributed by atoms with E-state index in [0.717, 1.165) is 32.1 Å². The van der Waals surface area contributed by atoms with Gasteiger partial charge in [-0.3, -0.25) is 19.7 Å². The SMILES string of the molecule is C=CC(=O)CCCCCCCCCCCCCCC(O)NCCOCCOCCOCCOCCC(=O)NC(CCC(=O)O)C(=O)OC(C)(C)C. The Morgan fingerprint density at radius 1 is 0.647 bits per heavy atom. The number of amides is 1. The number of ketones is 1. The van der Waals surface area contributed by atoms with Crippen LogP contribution >= 0.6 is 0 Å². The number of aliphatic hydroxyl groups excluding tert-OH is 1. The second kappa shape index (κ2) is 33.4. The number of allylic oxidation sites excluding steroid dienone is 1. The largest absolute Gasteiger partial charge is 0.481 e. The molecular formula is C38H70N2O11. The highest BCUT2D eigenvalue weighted by molar-refractivity contribution is 5.88. The average molecular weight is 731 g/mol. The molecule has 0 aliphatic carbocycles. The number of unbranched alkanes of at least 4 members (excludes halogenated alkanes) is 11. The molecule has 0 aromatic heterocycles. The predicted octanol–water partition coefficient (Wildman–Crippen LogP) is 5.26. The van der Waals surface area contributed by atoms with Gasteiger partial charge in [-0.15, -0.1) is 0 Å². The van der Waals surface area contributed by atoms with E-state index in [1.165, 1.54) is 57.4 Å². The second-order valence-electron chi connectivity index (χ2n) is 13.7. The molecule has 13 heteroatoms. The molecular weight excluding hydrogens is 660 g/mol. The number of rotatable bonds is 37. The fourth-order valence-corrected chi connectivity index (χ4v) is 4.99. The Morgan fingerprint density at radius 3 is 1.61 bits per heavy atom. The number of esters is 1. The van der Waals surface area contributed by atoms with Crippen LogP contribution < -0.4 is 10.6 Å². The summed E-state index contributed by atoms with van der Waals surface area (Å²) in [5.41, 5.74) is -0.756. The Balaban J connectivity index is 3.50. The van der Waals surface area contributed by atoms with Crippen molar-refractivity contribution >= 4 is 23.6 Å². The molecule has 0 rings (SSSR count). The van der Waals surface area contributed by atoms with Crippen molar-refractivity contribution in [1.29, 1.82) is 0 Å². The molecule has 0 radical (unpaired) electrons. The van der Waals surface area contributed by atoms with Crippen LogP contribution in [0.2, 0.25) is 0 Å². The zero-order valence-corrected chi connectivity index (χ0v) is 31.9. The van der Waals surface area contributed by atoms with E-state index in [0.29, 0.717) is 52.6 Å². The predicted molar refractivity (Wildman–Crippen MR) is 196 cm³/mol. The van der Waals surface area contributed by atoms with Crippen LogP contribution in [0.3, 0.4) is 0 Å². The number of nitrogens with one attached hydrogen (secondary N) is 2. The Hall–Kier alpha value is -2.42. The van der Waals surface area contributed by atoms with Gasteiger partial charge < -0.3 is 39.2 Å². The molecule has 1 amide bonds. The first-order chi connectivity index (χ1) is 24.4. The molecule has 0 aliphatic heterocycles. The Bertz CT molecular complexity index is 911. The highest BCUT2D eigenvalue weighted by Crippen LogP contribution is 2.14. The first-order valence-corrected chi connectivity index (χ1v) is 19.1. The fourth-order valence-electron chi connectivity index (χ4n) is 4.99. The summed E-state index contributed by atoms with van der Waals surface area (Å²) >= 11 is 0. The van der Waals surface area contributed by atoms with Crippen molar-refractivity contribution in [2.24, 2.45) is 0 Å². The molecule has 13 nitrogen and oxygen atoms in total. The molecule has 2 atom stereocenters. The molecule has 298 valence electrons. The maximum atomic E-state index is 12.3. The van der Waals surface area contributed by atoms with E-state index in [4.69, 9.17) is 28.8 Å². The number of carboxylic acids is 1. The van der Waals surface area contributed by atoms with Crippen molar-refractivity contribution in [2.75, 3.05) is 59.4 Å². The third kappa shape index (κ3) is 35.8. The molecule has 0 aromatic rings. The van der Waals surface area contributed by atoms with Crippen LogP contribution in [0.5, 0.6) is 0 Å². The van der Waals surface area contributed by atoms with Gasteiger partial charge in [0, 0.05) is 25.8 Å². The van der Waals surface area contributed by atoms with Gasteiger partial charge in [0.2, 0.25) is 5.91 Å². The van der Waals surface area contributed by atoms with E-state index in [2.05, 4.69) is 17.2 Å². The van der Waals surface area contributed by atoms with Crippen LogP contribution in [0.4, 0.5) is 0 Å². The molecule has 4 N–H and O–H groups in total. The summed E-state index contributed by atoms with van der Waals surface area (Å²) in [6, 6.07) is -1.04. The lowest BCUT2D eigenvalue weighted by Gasteiger charge is -2.24. The maximum absolute atomic E-state index is 12.3. The second-order valence-corrected chi connectivity index (χ2v) is 13.7. The summed E-state index contributed by atoms with van der Waals surface area (Å²) in [5.74, 6) is -2.01. The molecule has 0 fully saturated rings. The van der Waals surface area contributed by atoms with E-state index in [-0.39, 0.29) is 38.3 Å². The van der Waals surface area contributed by atoms with Crippen LogP contribution in [0.25, 0.3) is 0 Å². The van der Waals surface area contributed by atoms with Gasteiger partial charge in [0.15, 0.2) is 5.78 Å². The fraction of sp³-hybridized carbons (Fsp3) is 0.842. The first kappa shape index (κ1) is 48.6. The Kier molecular flexibility index (Phi) is 31.8. The smallest absolute Gasteiger partial charge is 0.329 e. The number of aliphatic carboxylic acids is 1. The van der Waals surface area contributed by atoms with Gasteiger partial charge in [0.05, 0.1) is 52.9 Å². The van der Waals surface area contributed by atoms with Crippen LogP contribution in [-0.4, -0.2) is 111 Å². The lowest BCUT2D eigenvalue weighted by Crippen LogP contribution is -2.44. The molecule has 0 saturated carbocycles. The highest BCUT2D eigenvalue weighted by Gasteiger charge is 2.27. The third-order valence-corrected chi connectivity index (χ3v) is 7.77. The number of carbonyl (C=O) groups excluding carboxylic acids is 3. The van der Waals surface area contributed by atoms with Crippen LogP contribution in [0.1, 0.15) is 130 Å². The van der Waals surface area contributed by atoms with E-state index in [1.807, 2.05) is 0 Å². The summed E-state index contributed by atoms with van der Waals surface area (Å²) in [6.07, 6.45) is 16.4. The summed E-state index contributed by atoms with van der Waals surface area (Å²) in [7, 11) is 0. The summed E-state index contributed by atoms with van der Waals surface area (Å²) in [4.78, 5) is 46.6. The highest BCUT2D eigenvalue weighted by atomic mass is 16.6. The van der Waals surface area contributed by atoms with Crippen molar-refractivity contribution in [3.63, 3.8) is 0 Å². The average Bonchev–Trinajstić information content (AvgIpc) is 3.07. The number of hydrogen-bond donors (Lipinski definition) is 4. The van der Waals surface area contributed by atoms with Crippen molar-refractivity contribution in [1.82, 2.24) is 10.6 Å². The normalized spacial score (nSPS) is 12.7. The zero-order chi connectivity index (χ0) is 38.0. The Morgan fingerprint density at radius 2 is 1.12 bits per heavy atom. The van der Waals surface area contributed by atoms with Crippen LogP contribution in [0, 0.1) is 0 Å². The molecule has 0 aromatic carbocycles. The molecule has 0 heterocycles. The molecule has 0 spiro atoms. The topological polar surface area (TPSA) is 179 Å². The van der Waals surface area contributed by atoms with Gasteiger partial charge in [-0.05, 0) is 52.5 Å². The lowest BCUT2D eigenvalue weighted by atomic mass is 10.0. The number of hydrogen-bond acceptors (Lipinski definition) is 11. The molecule has 51 heavy (non-hydrogen) atoms. The van der Waals surface area contributed by atoms with E-state index >= 15 is 0 Å². The Labute approximate surface area is 306 Å². The summed E-state index contributed by atoms with van der Waals surface area (Å²) in [5, 5.41) is 24.7. The van der Waals surface area contributed by atoms with Crippen molar-refractivity contribution in [3.05, 3.63) is 12.7 Å². The van der Waals surface area contributed by atoms with E-state index < -0.39 is 35.7 Å². The first-order valence-electron chi connectivity index (χ1n) is 19.1. The molecule has 0 bridgehead atoms. The molecule has 0 saturated heterocycles. The van der Waals surface area contributed by atoms with Crippen LogP contribution in [-0.2, 0) is 42.9 Å². The monoisotopic (exact) mass is 730 g/mol. The maximum Gasteiger partial charge on any atom is 0.329 e. The molecule has 0 aliphatic rings. The van der Waals surface area contributed by atoms with E-state index in [1.54, 1.807) is 20.8 Å². The summed E-state index contributed by atoms with van der Waals surface area (Å²) in [6.45, 7) is 12.1. The van der Waals surface area contributed by atoms with Gasteiger partial charge in [0.1, 0.15) is 17.9 Å². The zero-order valence-electron chi connectivity index (χ0n) is 31.9. The van der Waals surface area contributed by atoms with Gasteiger partial charge in [0.25, 0.3) is 0 Å². The van der Waals surface area contributed by atoms with Gasteiger partial charge in [-0.2, -0.15) is 0 Å². The number of aliphatic hydroxyl groups is 1. The van der Waals surface area contributed by atoms with Gasteiger partial charge in [-0.25, -0.2) is 4.79 Å². The minimum Gasteiger partial charge on any atom is -0.481 e. The number of carboxylic acid groups (broad SMARTS) is 1. The van der Waals surface area contributed by atoms with Gasteiger partial charge in [-0.1, -0.05) is 70.8 Å². The number of ether oxygens (including phenoxy) is 5. The lowest BCUT2D eigenvalue weighted by molar-refractivity contribution is -0.159. The standard InChI is InChI=1S/C38H70N2O11/c1-5-32(41)18-16-14-12-10-8-6-7-9-11-13-15-17-19-34(42)39-23-25-48-27-29-50-31-30-49-28-26-47-24-22-35(43)40-33(20-21-36(44)45)37(46)51-38(2,3)4/h5,33-34,39,42H,1,6-31H2,2-4H3,(H,40,43)(H,44,45). The summed E-state index contributed by atoms with van der Waals surface area (Å²) < 4.78 is 27.1. The molecule has 2 unspecified atom stereocenters. The minimum atomic E-state index is -1.06.